The molecule has 1 rings (SSSR count). The van der Waals surface area contributed by atoms with Crippen molar-refractivity contribution in [2.75, 3.05) is 0 Å². The smallest absolute Gasteiger partial charge is 0.0682 e. The molecule has 1 heterocycles. The lowest BCUT2D eigenvalue weighted by atomic mass is 10.4. The Morgan fingerprint density at radius 1 is 1.45 bits per heavy atom. The average molecular weight is 302 g/mol. The fourth-order valence-electron chi connectivity index (χ4n) is 0.593. The molecule has 0 aliphatic heterocycles. The molecule has 0 unspecified atom stereocenters. The molecule has 0 radical (unpaired) electrons. The van der Waals surface area contributed by atoms with Gasteiger partial charge in [0.1, 0.15) is 0 Å². The third-order valence-corrected chi connectivity index (χ3v) is 2.20. The van der Waals surface area contributed by atoms with E-state index in [2.05, 4.69) is 36.8 Å². The molecule has 0 aliphatic carbocycles. The number of nitrogens with zero attached hydrogens (tertiary/aromatic N) is 1. The molecule has 0 fully saturated rings. The predicted molar refractivity (Wildman–Crippen MR) is 54.8 cm³/mol. The van der Waals surface area contributed by atoms with Gasteiger partial charge in [-0.3, -0.25) is 4.98 Å². The van der Waals surface area contributed by atoms with Gasteiger partial charge < -0.3 is 5.73 Å². The van der Waals surface area contributed by atoms with Crippen LogP contribution in [0.2, 0.25) is 0 Å². The fourth-order valence-corrected chi connectivity index (χ4v) is 1.74. The predicted octanol–water partition coefficient (Wildman–Crippen LogP) is 2.49. The van der Waals surface area contributed by atoms with Gasteiger partial charge in [0.25, 0.3) is 0 Å². The molecular weight excluding hydrogens is 295 g/mol. The van der Waals surface area contributed by atoms with E-state index in [9.17, 15) is 0 Å². The lowest BCUT2D eigenvalue weighted by molar-refractivity contribution is 0.976. The normalized spacial score (nSPS) is 9.00. The molecule has 1 aromatic heterocycles. The maximum absolute atomic E-state index is 5.39. The summed E-state index contributed by atoms with van der Waals surface area (Å²) in [5, 5.41) is 0. The summed E-state index contributed by atoms with van der Waals surface area (Å²) in [6.45, 7) is 0.466. The van der Waals surface area contributed by atoms with E-state index in [0.29, 0.717) is 6.54 Å². The molecular formula is C6H7Br2ClN2. The maximum atomic E-state index is 5.39. The van der Waals surface area contributed by atoms with Gasteiger partial charge in [-0.25, -0.2) is 0 Å². The highest BCUT2D eigenvalue weighted by Crippen LogP contribution is 2.18. The zero-order valence-electron chi connectivity index (χ0n) is 5.55. The lowest BCUT2D eigenvalue weighted by Crippen LogP contribution is -1.99. The molecule has 0 aliphatic rings. The van der Waals surface area contributed by atoms with Crippen LogP contribution < -0.4 is 5.73 Å². The van der Waals surface area contributed by atoms with Gasteiger partial charge in [-0.05, 0) is 37.9 Å². The van der Waals surface area contributed by atoms with Crippen LogP contribution in [0.4, 0.5) is 0 Å². The van der Waals surface area contributed by atoms with E-state index in [4.69, 9.17) is 5.73 Å². The molecule has 1 aromatic rings. The zero-order valence-corrected chi connectivity index (χ0v) is 9.54. The largest absolute Gasteiger partial charge is 0.325 e. The molecule has 0 bridgehead atoms. The molecule has 0 saturated heterocycles. The van der Waals surface area contributed by atoms with E-state index < -0.39 is 0 Å². The second kappa shape index (κ2) is 5.09. The Bertz CT molecular complexity index is 242. The van der Waals surface area contributed by atoms with Gasteiger partial charge in [0.15, 0.2) is 0 Å². The maximum Gasteiger partial charge on any atom is 0.0682 e. The summed E-state index contributed by atoms with van der Waals surface area (Å²) in [7, 11) is 0. The standard InChI is InChI=1S/C6H6Br2N2.ClH/c7-4-1-5(8)6(2-9)10-3-4;/h1,3H,2,9H2;1H. The van der Waals surface area contributed by atoms with Gasteiger partial charge in [0.2, 0.25) is 0 Å². The summed E-state index contributed by atoms with van der Waals surface area (Å²) in [5.41, 5.74) is 6.27. The van der Waals surface area contributed by atoms with Gasteiger partial charge in [0.05, 0.1) is 5.69 Å². The van der Waals surface area contributed by atoms with Crippen LogP contribution in [-0.2, 0) is 6.54 Å². The van der Waals surface area contributed by atoms with Gasteiger partial charge in [0, 0.05) is 21.7 Å². The van der Waals surface area contributed by atoms with Crippen molar-refractivity contribution < 1.29 is 0 Å². The summed E-state index contributed by atoms with van der Waals surface area (Å²) < 4.78 is 1.90. The topological polar surface area (TPSA) is 38.9 Å². The summed E-state index contributed by atoms with van der Waals surface area (Å²) in [6, 6.07) is 1.93. The Morgan fingerprint density at radius 3 is 2.55 bits per heavy atom. The Hall–Kier alpha value is 0.360. The van der Waals surface area contributed by atoms with Crippen LogP contribution in [0, 0.1) is 0 Å². The van der Waals surface area contributed by atoms with E-state index in [1.165, 1.54) is 0 Å². The van der Waals surface area contributed by atoms with E-state index in [-0.39, 0.29) is 12.4 Å². The Labute approximate surface area is 88.2 Å². The number of rotatable bonds is 1. The van der Waals surface area contributed by atoms with Crippen molar-refractivity contribution in [1.29, 1.82) is 0 Å². The van der Waals surface area contributed by atoms with Gasteiger partial charge in [-0.15, -0.1) is 12.4 Å². The number of hydrogen-bond donors (Lipinski definition) is 1. The number of aromatic nitrogens is 1. The summed E-state index contributed by atoms with van der Waals surface area (Å²) in [5.74, 6) is 0. The molecule has 0 aromatic carbocycles. The molecule has 0 spiro atoms. The molecule has 0 saturated carbocycles. The van der Waals surface area contributed by atoms with E-state index >= 15 is 0 Å². The van der Waals surface area contributed by atoms with Crippen LogP contribution in [0.15, 0.2) is 21.2 Å². The molecule has 0 amide bonds. The van der Waals surface area contributed by atoms with Gasteiger partial charge in [-0.1, -0.05) is 0 Å². The van der Waals surface area contributed by atoms with E-state index in [1.54, 1.807) is 6.20 Å². The van der Waals surface area contributed by atoms with Crippen molar-refractivity contribution in [2.24, 2.45) is 5.73 Å². The number of pyridine rings is 1. The van der Waals surface area contributed by atoms with Crippen LogP contribution in [0.3, 0.4) is 0 Å². The van der Waals surface area contributed by atoms with E-state index in [0.717, 1.165) is 14.6 Å². The third kappa shape index (κ3) is 3.07. The highest BCUT2D eigenvalue weighted by molar-refractivity contribution is 9.11. The second-order valence-electron chi connectivity index (χ2n) is 1.79. The van der Waals surface area contributed by atoms with Crippen LogP contribution in [0.1, 0.15) is 5.69 Å². The SMILES string of the molecule is Cl.NCc1ncc(Br)cc1Br. The molecule has 62 valence electrons. The van der Waals surface area contributed by atoms with Crippen molar-refractivity contribution >= 4 is 44.3 Å². The van der Waals surface area contributed by atoms with Crippen LogP contribution in [0.25, 0.3) is 0 Å². The molecule has 0 atom stereocenters. The van der Waals surface area contributed by atoms with Crippen molar-refractivity contribution in [2.45, 2.75) is 6.54 Å². The first-order valence-electron chi connectivity index (χ1n) is 2.74. The van der Waals surface area contributed by atoms with E-state index in [1.807, 2.05) is 6.07 Å². The first-order valence-corrected chi connectivity index (χ1v) is 4.32. The highest BCUT2D eigenvalue weighted by Gasteiger charge is 1.97. The van der Waals surface area contributed by atoms with Crippen molar-refractivity contribution in [3.8, 4) is 0 Å². The minimum atomic E-state index is 0. The number of nitrogens with two attached hydrogens (primary N) is 1. The second-order valence-corrected chi connectivity index (χ2v) is 3.56. The van der Waals surface area contributed by atoms with Crippen molar-refractivity contribution in [3.05, 3.63) is 26.9 Å². The van der Waals surface area contributed by atoms with Crippen molar-refractivity contribution in [3.63, 3.8) is 0 Å². The van der Waals surface area contributed by atoms with Gasteiger partial charge >= 0.3 is 0 Å². The Kier molecular flexibility index (Phi) is 5.25. The number of halogens is 3. The minimum Gasteiger partial charge on any atom is -0.325 e. The summed E-state index contributed by atoms with van der Waals surface area (Å²) in [4.78, 5) is 4.08. The Balaban J connectivity index is 0.000001000. The summed E-state index contributed by atoms with van der Waals surface area (Å²) >= 11 is 6.63. The molecule has 2 N–H and O–H groups in total. The van der Waals surface area contributed by atoms with Crippen LogP contribution >= 0.6 is 44.3 Å². The first-order chi connectivity index (χ1) is 4.74. The molecule has 11 heavy (non-hydrogen) atoms. The Morgan fingerprint density at radius 2 is 2.09 bits per heavy atom. The quantitative estimate of drug-likeness (QED) is 0.865. The highest BCUT2D eigenvalue weighted by atomic mass is 79.9. The minimum absolute atomic E-state index is 0. The lowest BCUT2D eigenvalue weighted by Gasteiger charge is -1.98. The van der Waals surface area contributed by atoms with Crippen LogP contribution in [-0.4, -0.2) is 4.98 Å². The third-order valence-electron chi connectivity index (χ3n) is 1.08. The summed E-state index contributed by atoms with van der Waals surface area (Å²) in [6.07, 6.45) is 1.73. The molecule has 2 nitrogen and oxygen atoms in total. The fraction of sp³-hybridized carbons (Fsp3) is 0.167. The average Bonchev–Trinajstić information content (AvgIpc) is 1.88. The van der Waals surface area contributed by atoms with Crippen molar-refractivity contribution in [1.82, 2.24) is 4.98 Å². The monoisotopic (exact) mass is 300 g/mol. The number of hydrogen-bond acceptors (Lipinski definition) is 2. The molecule has 5 heteroatoms. The zero-order chi connectivity index (χ0) is 7.56. The van der Waals surface area contributed by atoms with Gasteiger partial charge in [-0.2, -0.15) is 0 Å². The van der Waals surface area contributed by atoms with Crippen LogP contribution in [0.5, 0.6) is 0 Å². The first kappa shape index (κ1) is 11.4.